The van der Waals surface area contributed by atoms with E-state index in [1.54, 1.807) is 18.2 Å². The molecule has 0 aliphatic carbocycles. The minimum Gasteiger partial charge on any atom is -0.480 e. The van der Waals surface area contributed by atoms with Gasteiger partial charge in [-0.25, -0.2) is 0 Å². The van der Waals surface area contributed by atoms with Crippen LogP contribution < -0.4 is 25.4 Å². The van der Waals surface area contributed by atoms with Gasteiger partial charge in [-0.1, -0.05) is 95.5 Å². The number of carboxylic acids is 1. The molecule has 0 saturated carbocycles. The number of hydrogen-bond acceptors (Lipinski definition) is 10. The molecule has 4 aromatic carbocycles. The van der Waals surface area contributed by atoms with Crippen LogP contribution in [-0.2, 0) is 35.9 Å². The molecule has 1 aliphatic rings. The van der Waals surface area contributed by atoms with Crippen LogP contribution in [0.2, 0.25) is 15.1 Å². The zero-order valence-corrected chi connectivity index (χ0v) is 33.2. The lowest BCUT2D eigenvalue weighted by Gasteiger charge is -2.17. The van der Waals surface area contributed by atoms with Crippen molar-refractivity contribution in [3.63, 3.8) is 0 Å². The standard InChI is InChI=1S/C43H37Cl3N6O6/c44-36-16-31(20-50-37(22-53)43(55)56)41(57-23-28-14-26(17-47)13-27(15-28)18-48)52-42(36)58-24-30-3-1-5-34(39(30)45)35-6-2-4-33(40(35)46)29-9-7-25(8-10-29)19-49-21-32-11-12-38(54)51-32/h1-10,13-16,32,37,49-50,53H,11-12,19-24H2,(H,51,54)(H,55,56). The Morgan fingerprint density at radius 2 is 1.52 bits per heavy atom. The summed E-state index contributed by atoms with van der Waals surface area (Å²) in [6, 6.07) is 28.5. The Hall–Kier alpha value is -5.70. The second-order valence-electron chi connectivity index (χ2n) is 13.5. The molecule has 15 heteroatoms. The average molecular weight is 840 g/mol. The van der Waals surface area contributed by atoms with E-state index in [0.29, 0.717) is 51.8 Å². The highest BCUT2D eigenvalue weighted by Gasteiger charge is 2.22. The first-order valence-corrected chi connectivity index (χ1v) is 19.3. The van der Waals surface area contributed by atoms with Crippen molar-refractivity contribution in [3.8, 4) is 46.2 Å². The molecule has 5 aromatic rings. The van der Waals surface area contributed by atoms with E-state index in [-0.39, 0.29) is 59.6 Å². The minimum absolute atomic E-state index is 0.00583. The fourth-order valence-electron chi connectivity index (χ4n) is 6.40. The summed E-state index contributed by atoms with van der Waals surface area (Å²) in [5.41, 5.74) is 6.34. The van der Waals surface area contributed by atoms with E-state index in [1.165, 1.54) is 12.1 Å². The van der Waals surface area contributed by atoms with Crippen molar-refractivity contribution in [2.45, 2.75) is 51.2 Å². The second-order valence-corrected chi connectivity index (χ2v) is 14.7. The Kier molecular flexibility index (Phi) is 14.2. The minimum atomic E-state index is -1.26. The van der Waals surface area contributed by atoms with Crippen LogP contribution in [0, 0.1) is 22.7 Å². The number of hydrogen-bond donors (Lipinski definition) is 5. The number of carboxylic acid groups (broad SMARTS) is 1. The van der Waals surface area contributed by atoms with Gasteiger partial charge in [0.2, 0.25) is 17.7 Å². The lowest BCUT2D eigenvalue weighted by Crippen LogP contribution is -2.39. The number of amides is 1. The molecule has 12 nitrogen and oxygen atoms in total. The lowest BCUT2D eigenvalue weighted by atomic mass is 9.97. The van der Waals surface area contributed by atoms with Crippen LogP contribution in [0.3, 0.4) is 0 Å². The van der Waals surface area contributed by atoms with Crippen LogP contribution in [0.4, 0.5) is 0 Å². The van der Waals surface area contributed by atoms with Crippen molar-refractivity contribution in [3.05, 3.63) is 133 Å². The highest BCUT2D eigenvalue weighted by molar-refractivity contribution is 6.38. The van der Waals surface area contributed by atoms with Gasteiger partial charge in [0.1, 0.15) is 24.3 Å². The molecule has 2 atom stereocenters. The number of benzene rings is 4. The largest absolute Gasteiger partial charge is 0.480 e. The number of ether oxygens (including phenoxy) is 2. The van der Waals surface area contributed by atoms with Crippen molar-refractivity contribution in [1.82, 2.24) is 20.9 Å². The third-order valence-electron chi connectivity index (χ3n) is 9.43. The van der Waals surface area contributed by atoms with Gasteiger partial charge in [-0.15, -0.1) is 0 Å². The normalized spacial score (nSPS) is 14.0. The number of aliphatic hydroxyl groups is 1. The van der Waals surface area contributed by atoms with Crippen molar-refractivity contribution in [1.29, 1.82) is 10.5 Å². The maximum absolute atomic E-state index is 11.5. The van der Waals surface area contributed by atoms with Gasteiger partial charge in [0.15, 0.2) is 0 Å². The van der Waals surface area contributed by atoms with Crippen LogP contribution in [0.1, 0.15) is 46.2 Å². The number of nitrogens with zero attached hydrogens (tertiary/aromatic N) is 3. The lowest BCUT2D eigenvalue weighted by molar-refractivity contribution is -0.140. The molecule has 1 amide bonds. The Morgan fingerprint density at radius 1 is 0.845 bits per heavy atom. The molecular formula is C43H37Cl3N6O6. The number of rotatable bonds is 17. The fraction of sp³-hybridized carbons (Fsp3) is 0.233. The van der Waals surface area contributed by atoms with Gasteiger partial charge in [0.05, 0.1) is 39.9 Å². The van der Waals surface area contributed by atoms with Gasteiger partial charge >= 0.3 is 5.97 Å². The smallest absolute Gasteiger partial charge is 0.323 e. The Labute approximate surface area is 349 Å². The maximum Gasteiger partial charge on any atom is 0.323 e. The summed E-state index contributed by atoms with van der Waals surface area (Å²) >= 11 is 20.7. The van der Waals surface area contributed by atoms with E-state index < -0.39 is 18.6 Å². The van der Waals surface area contributed by atoms with Crippen molar-refractivity contribution in [2.75, 3.05) is 13.2 Å². The SMILES string of the molecule is N#Cc1cc(C#N)cc(COc2nc(OCc3cccc(-c4cccc(-c5ccc(CNCC6CCC(=O)N6)cc5)c4Cl)c3Cl)c(Cl)cc2CNC(CO)C(=O)O)c1. The summed E-state index contributed by atoms with van der Waals surface area (Å²) in [4.78, 5) is 27.5. The Balaban J connectivity index is 1.19. The number of halogens is 3. The molecule has 58 heavy (non-hydrogen) atoms. The summed E-state index contributed by atoms with van der Waals surface area (Å²) < 4.78 is 12.1. The van der Waals surface area contributed by atoms with E-state index in [2.05, 4.69) is 20.9 Å². The molecule has 2 unspecified atom stereocenters. The fourth-order valence-corrected chi connectivity index (χ4v) is 7.25. The number of aliphatic carboxylic acids is 1. The van der Waals surface area contributed by atoms with Crippen molar-refractivity contribution in [2.24, 2.45) is 0 Å². The van der Waals surface area contributed by atoms with E-state index in [0.717, 1.165) is 28.7 Å². The molecule has 0 spiro atoms. The predicted molar refractivity (Wildman–Crippen MR) is 219 cm³/mol. The van der Waals surface area contributed by atoms with Gasteiger partial charge in [-0.3, -0.25) is 14.9 Å². The molecule has 5 N–H and O–H groups in total. The molecule has 0 radical (unpaired) electrons. The maximum atomic E-state index is 11.5. The highest BCUT2D eigenvalue weighted by Crippen LogP contribution is 2.40. The number of aliphatic hydroxyl groups excluding tert-OH is 1. The van der Waals surface area contributed by atoms with E-state index in [9.17, 15) is 30.3 Å². The number of aromatic nitrogens is 1. The number of carbonyl (C=O) groups excluding carboxylic acids is 1. The van der Waals surface area contributed by atoms with Gasteiger partial charge in [-0.2, -0.15) is 15.5 Å². The van der Waals surface area contributed by atoms with Crippen LogP contribution in [0.25, 0.3) is 22.3 Å². The number of nitriles is 2. The third-order valence-corrected chi connectivity index (χ3v) is 10.6. The zero-order valence-electron chi connectivity index (χ0n) is 30.9. The zero-order chi connectivity index (χ0) is 41.2. The average Bonchev–Trinajstić information content (AvgIpc) is 3.65. The first-order valence-electron chi connectivity index (χ1n) is 18.2. The Bertz CT molecular complexity index is 2370. The molecular weight excluding hydrogens is 803 g/mol. The molecule has 2 heterocycles. The third kappa shape index (κ3) is 10.4. The first-order chi connectivity index (χ1) is 28.1. The van der Waals surface area contributed by atoms with Crippen LogP contribution in [0.15, 0.2) is 84.9 Å². The topological polar surface area (TPSA) is 190 Å². The van der Waals surface area contributed by atoms with Crippen molar-refractivity contribution >= 4 is 46.7 Å². The van der Waals surface area contributed by atoms with Crippen LogP contribution >= 0.6 is 34.8 Å². The quantitative estimate of drug-likeness (QED) is 0.0638. The van der Waals surface area contributed by atoms with Crippen LogP contribution in [-0.4, -0.2) is 52.3 Å². The summed E-state index contributed by atoms with van der Waals surface area (Å²) in [5.74, 6) is -1.10. The van der Waals surface area contributed by atoms with E-state index in [1.807, 2.05) is 66.7 Å². The first kappa shape index (κ1) is 41.9. The van der Waals surface area contributed by atoms with E-state index in [4.69, 9.17) is 44.3 Å². The summed E-state index contributed by atoms with van der Waals surface area (Å²) in [6.07, 6.45) is 1.42. The van der Waals surface area contributed by atoms with Crippen LogP contribution in [0.5, 0.6) is 11.8 Å². The van der Waals surface area contributed by atoms with Crippen molar-refractivity contribution < 1.29 is 29.3 Å². The molecule has 6 rings (SSSR count). The number of carbonyl (C=O) groups is 2. The van der Waals surface area contributed by atoms with Gasteiger partial charge in [0, 0.05) is 59.9 Å². The summed E-state index contributed by atoms with van der Waals surface area (Å²) in [7, 11) is 0. The highest BCUT2D eigenvalue weighted by atomic mass is 35.5. The number of pyridine rings is 1. The predicted octanol–water partition coefficient (Wildman–Crippen LogP) is 7.18. The molecule has 0 bridgehead atoms. The monoisotopic (exact) mass is 838 g/mol. The van der Waals surface area contributed by atoms with E-state index >= 15 is 0 Å². The second kappa shape index (κ2) is 19.6. The molecule has 1 aromatic heterocycles. The van der Waals surface area contributed by atoms with Gasteiger partial charge < -0.3 is 30.3 Å². The molecule has 296 valence electrons. The van der Waals surface area contributed by atoms with Gasteiger partial charge in [-0.05, 0) is 47.4 Å². The summed E-state index contributed by atoms with van der Waals surface area (Å²) in [6.45, 7) is 0.504. The molecule has 1 fully saturated rings. The Morgan fingerprint density at radius 3 is 2.17 bits per heavy atom. The van der Waals surface area contributed by atoms with Gasteiger partial charge in [0.25, 0.3) is 0 Å². The molecule has 1 aliphatic heterocycles. The molecule has 1 saturated heterocycles. The number of nitrogens with one attached hydrogen (secondary N) is 3. The summed E-state index contributed by atoms with van der Waals surface area (Å²) in [5, 5.41) is 47.9.